The number of aryl methyl sites for hydroxylation is 1. The molecule has 2 heterocycles. The van der Waals surface area contributed by atoms with Crippen molar-refractivity contribution in [3.05, 3.63) is 52.8 Å². The van der Waals surface area contributed by atoms with Crippen LogP contribution in [-0.4, -0.2) is 50.8 Å². The molecular weight excluding hydrogens is 356 g/mol. The molecule has 0 atom stereocenters. The highest BCUT2D eigenvalue weighted by molar-refractivity contribution is 5.94. The van der Waals surface area contributed by atoms with E-state index in [2.05, 4.69) is 5.10 Å². The van der Waals surface area contributed by atoms with Crippen molar-refractivity contribution < 1.29 is 14.3 Å². The van der Waals surface area contributed by atoms with E-state index in [1.165, 1.54) is 0 Å². The summed E-state index contributed by atoms with van der Waals surface area (Å²) in [5.41, 5.74) is 2.72. The molecule has 0 N–H and O–H groups in total. The van der Waals surface area contributed by atoms with Crippen LogP contribution in [0.2, 0.25) is 0 Å². The van der Waals surface area contributed by atoms with Gasteiger partial charge in [-0.2, -0.15) is 5.10 Å². The van der Waals surface area contributed by atoms with Crippen LogP contribution in [0, 0.1) is 0 Å². The van der Waals surface area contributed by atoms with Crippen LogP contribution < -0.4 is 0 Å². The zero-order valence-electron chi connectivity index (χ0n) is 17.2. The van der Waals surface area contributed by atoms with Gasteiger partial charge in [0.05, 0.1) is 12.2 Å². The van der Waals surface area contributed by atoms with Crippen LogP contribution in [0.15, 0.2) is 30.3 Å². The molecular formula is C21H28N4O3. The van der Waals surface area contributed by atoms with Gasteiger partial charge in [0.1, 0.15) is 11.3 Å². The molecule has 7 nitrogen and oxygen atoms in total. The molecule has 7 heteroatoms. The molecule has 2 aromatic rings. The summed E-state index contributed by atoms with van der Waals surface area (Å²) < 4.78 is 7.12. The molecule has 0 radical (unpaired) electrons. The van der Waals surface area contributed by atoms with Gasteiger partial charge in [-0.3, -0.25) is 9.48 Å². The number of carbonyl (C=O) groups excluding carboxylic acids is 2. The second-order valence-corrected chi connectivity index (χ2v) is 8.20. The maximum absolute atomic E-state index is 13.1. The lowest BCUT2D eigenvalue weighted by atomic mass is 10.0. The molecule has 2 amide bonds. The maximum Gasteiger partial charge on any atom is 0.410 e. The summed E-state index contributed by atoms with van der Waals surface area (Å²) in [6.45, 7) is 6.91. The van der Waals surface area contributed by atoms with Gasteiger partial charge in [-0.15, -0.1) is 0 Å². The van der Waals surface area contributed by atoms with Crippen LogP contribution in [0.1, 0.15) is 48.1 Å². The highest BCUT2D eigenvalue weighted by atomic mass is 16.6. The number of carbonyl (C=O) groups is 2. The van der Waals surface area contributed by atoms with E-state index >= 15 is 0 Å². The Kier molecular flexibility index (Phi) is 5.45. The normalized spacial score (nSPS) is 13.8. The fourth-order valence-electron chi connectivity index (χ4n) is 3.36. The van der Waals surface area contributed by atoms with Gasteiger partial charge in [-0.1, -0.05) is 30.3 Å². The molecule has 0 spiro atoms. The van der Waals surface area contributed by atoms with E-state index in [9.17, 15) is 9.59 Å². The van der Waals surface area contributed by atoms with Crippen molar-refractivity contribution in [2.75, 3.05) is 13.6 Å². The number of nitrogens with zero attached hydrogens (tertiary/aromatic N) is 4. The Bertz CT molecular complexity index is 868. The number of ether oxygens (including phenoxy) is 1. The Morgan fingerprint density at radius 2 is 1.89 bits per heavy atom. The third-order valence-electron chi connectivity index (χ3n) is 4.66. The molecule has 0 saturated heterocycles. The molecule has 150 valence electrons. The van der Waals surface area contributed by atoms with E-state index in [4.69, 9.17) is 4.74 Å². The highest BCUT2D eigenvalue weighted by Crippen LogP contribution is 2.24. The Morgan fingerprint density at radius 3 is 2.54 bits per heavy atom. The minimum absolute atomic E-state index is 0.105. The third-order valence-corrected chi connectivity index (χ3v) is 4.66. The topological polar surface area (TPSA) is 67.7 Å². The third kappa shape index (κ3) is 4.35. The van der Waals surface area contributed by atoms with Gasteiger partial charge in [0.15, 0.2) is 0 Å². The fourth-order valence-corrected chi connectivity index (χ4v) is 3.36. The average Bonchev–Trinajstić information content (AvgIpc) is 2.95. The first-order chi connectivity index (χ1) is 13.2. The first-order valence-corrected chi connectivity index (χ1v) is 9.48. The van der Waals surface area contributed by atoms with Crippen LogP contribution in [0.4, 0.5) is 4.79 Å². The molecule has 0 fully saturated rings. The SMILES string of the molecule is CN(Cc1ccccc1)C(=O)c1c2c(nn1C)CCN(C(=O)OC(C)(C)C)C2. The van der Waals surface area contributed by atoms with Crippen molar-refractivity contribution in [2.24, 2.45) is 7.05 Å². The van der Waals surface area contributed by atoms with Crippen LogP contribution in [0.25, 0.3) is 0 Å². The number of amides is 2. The van der Waals surface area contributed by atoms with Gasteiger partial charge in [0.2, 0.25) is 0 Å². The summed E-state index contributed by atoms with van der Waals surface area (Å²) >= 11 is 0. The van der Waals surface area contributed by atoms with Crippen molar-refractivity contribution >= 4 is 12.0 Å². The lowest BCUT2D eigenvalue weighted by Gasteiger charge is -2.30. The van der Waals surface area contributed by atoms with Crippen LogP contribution in [0.3, 0.4) is 0 Å². The lowest BCUT2D eigenvalue weighted by molar-refractivity contribution is 0.0222. The van der Waals surface area contributed by atoms with Crippen molar-refractivity contribution in [3.63, 3.8) is 0 Å². The smallest absolute Gasteiger partial charge is 0.410 e. The quantitative estimate of drug-likeness (QED) is 0.816. The summed E-state index contributed by atoms with van der Waals surface area (Å²) in [4.78, 5) is 28.9. The van der Waals surface area contributed by atoms with Gasteiger partial charge >= 0.3 is 6.09 Å². The van der Waals surface area contributed by atoms with Crippen molar-refractivity contribution in [2.45, 2.75) is 45.9 Å². The second-order valence-electron chi connectivity index (χ2n) is 8.20. The molecule has 3 rings (SSSR count). The number of hydrogen-bond donors (Lipinski definition) is 0. The number of benzene rings is 1. The minimum Gasteiger partial charge on any atom is -0.444 e. The van der Waals surface area contributed by atoms with E-state index in [1.54, 1.807) is 28.6 Å². The number of aromatic nitrogens is 2. The molecule has 0 bridgehead atoms. The number of fused-ring (bicyclic) bond motifs is 1. The Morgan fingerprint density at radius 1 is 1.21 bits per heavy atom. The van der Waals surface area contributed by atoms with Gasteiger partial charge in [0, 0.05) is 39.2 Å². The van der Waals surface area contributed by atoms with E-state index in [1.807, 2.05) is 51.1 Å². The van der Waals surface area contributed by atoms with E-state index in [-0.39, 0.29) is 12.0 Å². The maximum atomic E-state index is 13.1. The molecule has 0 unspecified atom stereocenters. The Balaban J connectivity index is 1.80. The monoisotopic (exact) mass is 384 g/mol. The van der Waals surface area contributed by atoms with E-state index in [0.717, 1.165) is 16.8 Å². The first kappa shape index (κ1) is 19.9. The van der Waals surface area contributed by atoms with Gasteiger partial charge in [0.25, 0.3) is 5.91 Å². The summed E-state index contributed by atoms with van der Waals surface area (Å²) in [7, 11) is 3.56. The van der Waals surface area contributed by atoms with E-state index < -0.39 is 5.60 Å². The molecule has 28 heavy (non-hydrogen) atoms. The first-order valence-electron chi connectivity index (χ1n) is 9.48. The highest BCUT2D eigenvalue weighted by Gasteiger charge is 2.32. The lowest BCUT2D eigenvalue weighted by Crippen LogP contribution is -2.40. The predicted octanol–water partition coefficient (Wildman–Crippen LogP) is 2.99. The van der Waals surface area contributed by atoms with Gasteiger partial charge in [-0.25, -0.2) is 4.79 Å². The summed E-state index contributed by atoms with van der Waals surface area (Å²) in [5.74, 6) is -0.105. The Labute approximate surface area is 165 Å². The second kappa shape index (κ2) is 7.66. The van der Waals surface area contributed by atoms with Crippen molar-refractivity contribution in [3.8, 4) is 0 Å². The molecule has 0 saturated carbocycles. The largest absolute Gasteiger partial charge is 0.444 e. The van der Waals surface area contributed by atoms with E-state index in [0.29, 0.717) is 31.7 Å². The fraction of sp³-hybridized carbons (Fsp3) is 0.476. The number of rotatable bonds is 3. The molecule has 1 aromatic heterocycles. The van der Waals surface area contributed by atoms with Crippen molar-refractivity contribution in [1.82, 2.24) is 19.6 Å². The molecule has 1 aliphatic rings. The van der Waals surface area contributed by atoms with Gasteiger partial charge < -0.3 is 14.5 Å². The number of hydrogen-bond acceptors (Lipinski definition) is 4. The van der Waals surface area contributed by atoms with Crippen molar-refractivity contribution in [1.29, 1.82) is 0 Å². The van der Waals surface area contributed by atoms with Crippen LogP contribution in [0.5, 0.6) is 0 Å². The standard InChI is InChI=1S/C21H28N4O3/c1-21(2,3)28-20(27)25-12-11-17-16(14-25)18(24(5)22-17)19(26)23(4)13-15-9-7-6-8-10-15/h6-10H,11-14H2,1-5H3. The zero-order chi connectivity index (χ0) is 20.5. The van der Waals surface area contributed by atoms with Gasteiger partial charge in [-0.05, 0) is 26.3 Å². The molecule has 1 aliphatic heterocycles. The predicted molar refractivity (Wildman–Crippen MR) is 106 cm³/mol. The molecule has 0 aliphatic carbocycles. The zero-order valence-corrected chi connectivity index (χ0v) is 17.2. The minimum atomic E-state index is -0.555. The summed E-state index contributed by atoms with van der Waals surface area (Å²) in [6, 6.07) is 9.85. The summed E-state index contributed by atoms with van der Waals surface area (Å²) in [5, 5.41) is 4.52. The Hall–Kier alpha value is -2.83. The van der Waals surface area contributed by atoms with Crippen LogP contribution in [-0.2, 0) is 31.3 Å². The summed E-state index contributed by atoms with van der Waals surface area (Å²) in [6.07, 6.45) is 0.246. The average molecular weight is 384 g/mol. The van der Waals surface area contributed by atoms with Crippen LogP contribution >= 0.6 is 0 Å². The molecule has 1 aromatic carbocycles.